The van der Waals surface area contributed by atoms with Gasteiger partial charge in [-0.3, -0.25) is 0 Å². The summed E-state index contributed by atoms with van der Waals surface area (Å²) in [7, 11) is 2.01. The standard InChI is InChI=1S/C14H28N2O2/c1-6-7-12(15-5)11-8-9-16(10-11)13(17)18-14(2,3)4/h11-12,15H,6-10H2,1-5H3. The molecule has 1 heterocycles. The van der Waals surface area contributed by atoms with Crippen LogP contribution in [0.1, 0.15) is 47.0 Å². The Kier molecular flexibility index (Phi) is 5.45. The summed E-state index contributed by atoms with van der Waals surface area (Å²) in [4.78, 5) is 13.8. The maximum absolute atomic E-state index is 12.0. The van der Waals surface area contributed by atoms with Crippen molar-refractivity contribution in [2.45, 2.75) is 58.6 Å². The molecule has 0 aromatic heterocycles. The molecular formula is C14H28N2O2. The zero-order chi connectivity index (χ0) is 13.8. The summed E-state index contributed by atoms with van der Waals surface area (Å²) in [5.41, 5.74) is -0.402. The van der Waals surface area contributed by atoms with Gasteiger partial charge in [-0.05, 0) is 46.6 Å². The Morgan fingerprint density at radius 3 is 2.67 bits per heavy atom. The largest absolute Gasteiger partial charge is 0.444 e. The van der Waals surface area contributed by atoms with Crippen LogP contribution < -0.4 is 5.32 Å². The number of carbonyl (C=O) groups excluding carboxylic acids is 1. The van der Waals surface area contributed by atoms with Crippen LogP contribution in [0, 0.1) is 5.92 Å². The molecule has 4 heteroatoms. The van der Waals surface area contributed by atoms with E-state index in [1.54, 1.807) is 0 Å². The van der Waals surface area contributed by atoms with E-state index >= 15 is 0 Å². The molecule has 0 aromatic rings. The summed E-state index contributed by atoms with van der Waals surface area (Å²) in [5.74, 6) is 0.558. The molecule has 2 atom stereocenters. The second kappa shape index (κ2) is 6.41. The van der Waals surface area contributed by atoms with Crippen LogP contribution in [-0.2, 0) is 4.74 Å². The van der Waals surface area contributed by atoms with Crippen LogP contribution in [0.25, 0.3) is 0 Å². The van der Waals surface area contributed by atoms with Crippen LogP contribution in [0.3, 0.4) is 0 Å². The molecule has 0 spiro atoms. The third kappa shape index (κ3) is 4.48. The van der Waals surface area contributed by atoms with Gasteiger partial charge < -0.3 is 15.0 Å². The number of amides is 1. The first kappa shape index (κ1) is 15.3. The maximum atomic E-state index is 12.0. The molecule has 1 saturated heterocycles. The number of rotatable bonds is 4. The van der Waals surface area contributed by atoms with Gasteiger partial charge in [-0.2, -0.15) is 0 Å². The van der Waals surface area contributed by atoms with Gasteiger partial charge in [-0.15, -0.1) is 0 Å². The fourth-order valence-electron chi connectivity index (χ4n) is 2.53. The lowest BCUT2D eigenvalue weighted by atomic mass is 9.95. The smallest absolute Gasteiger partial charge is 0.410 e. The van der Waals surface area contributed by atoms with E-state index in [1.165, 1.54) is 12.8 Å². The van der Waals surface area contributed by atoms with Crippen molar-refractivity contribution in [3.63, 3.8) is 0 Å². The Morgan fingerprint density at radius 2 is 2.17 bits per heavy atom. The molecule has 0 radical (unpaired) electrons. The average Bonchev–Trinajstić information content (AvgIpc) is 2.72. The van der Waals surface area contributed by atoms with Crippen molar-refractivity contribution in [2.75, 3.05) is 20.1 Å². The molecule has 1 rings (SSSR count). The van der Waals surface area contributed by atoms with E-state index in [1.807, 2.05) is 32.7 Å². The van der Waals surface area contributed by atoms with E-state index < -0.39 is 5.60 Å². The summed E-state index contributed by atoms with van der Waals surface area (Å²) < 4.78 is 5.41. The molecule has 1 fully saturated rings. The monoisotopic (exact) mass is 256 g/mol. The van der Waals surface area contributed by atoms with E-state index in [0.717, 1.165) is 19.5 Å². The van der Waals surface area contributed by atoms with E-state index in [4.69, 9.17) is 4.74 Å². The summed E-state index contributed by atoms with van der Waals surface area (Å²) in [6.07, 6.45) is 3.25. The first-order chi connectivity index (χ1) is 8.37. The van der Waals surface area contributed by atoms with Crippen molar-refractivity contribution >= 4 is 6.09 Å². The first-order valence-corrected chi connectivity index (χ1v) is 7.02. The Bertz CT molecular complexity index is 273. The molecule has 0 aliphatic carbocycles. The molecule has 1 aliphatic rings. The minimum absolute atomic E-state index is 0.170. The zero-order valence-corrected chi connectivity index (χ0v) is 12.5. The average molecular weight is 256 g/mol. The quantitative estimate of drug-likeness (QED) is 0.840. The number of hydrogen-bond donors (Lipinski definition) is 1. The number of likely N-dealkylation sites (tertiary alicyclic amines) is 1. The van der Waals surface area contributed by atoms with Gasteiger partial charge in [0.25, 0.3) is 0 Å². The lowest BCUT2D eigenvalue weighted by Crippen LogP contribution is -2.38. The van der Waals surface area contributed by atoms with E-state index in [-0.39, 0.29) is 6.09 Å². The van der Waals surface area contributed by atoms with Crippen LogP contribution in [0.5, 0.6) is 0 Å². The van der Waals surface area contributed by atoms with Gasteiger partial charge in [0.15, 0.2) is 0 Å². The predicted molar refractivity (Wildman–Crippen MR) is 73.7 cm³/mol. The van der Waals surface area contributed by atoms with Gasteiger partial charge >= 0.3 is 6.09 Å². The number of ether oxygens (including phenoxy) is 1. The van der Waals surface area contributed by atoms with Gasteiger partial charge in [0.2, 0.25) is 0 Å². The number of nitrogens with one attached hydrogen (secondary N) is 1. The number of hydrogen-bond acceptors (Lipinski definition) is 3. The molecule has 18 heavy (non-hydrogen) atoms. The van der Waals surface area contributed by atoms with Crippen molar-refractivity contribution in [3.8, 4) is 0 Å². The Labute approximate surface area is 111 Å². The van der Waals surface area contributed by atoms with Crippen molar-refractivity contribution in [2.24, 2.45) is 5.92 Å². The van der Waals surface area contributed by atoms with Crippen LogP contribution in [0.15, 0.2) is 0 Å². The maximum Gasteiger partial charge on any atom is 0.410 e. The van der Waals surface area contributed by atoms with Gasteiger partial charge in [0.1, 0.15) is 5.60 Å². The van der Waals surface area contributed by atoms with Crippen LogP contribution in [0.4, 0.5) is 4.79 Å². The third-order valence-corrected chi connectivity index (χ3v) is 3.42. The van der Waals surface area contributed by atoms with Gasteiger partial charge in [0, 0.05) is 19.1 Å². The second-order valence-electron chi connectivity index (χ2n) is 6.16. The molecular weight excluding hydrogens is 228 g/mol. The van der Waals surface area contributed by atoms with Crippen LogP contribution >= 0.6 is 0 Å². The lowest BCUT2D eigenvalue weighted by Gasteiger charge is -2.26. The predicted octanol–water partition coefficient (Wildman–Crippen LogP) is 2.63. The molecule has 0 saturated carbocycles. The van der Waals surface area contributed by atoms with Crippen LogP contribution in [-0.4, -0.2) is 42.8 Å². The first-order valence-electron chi connectivity index (χ1n) is 7.02. The SMILES string of the molecule is CCCC(NC)C1CCN(C(=O)OC(C)(C)C)C1. The molecule has 1 aliphatic heterocycles. The summed E-state index contributed by atoms with van der Waals surface area (Å²) >= 11 is 0. The molecule has 0 bridgehead atoms. The number of nitrogens with zero attached hydrogens (tertiary/aromatic N) is 1. The van der Waals surface area contributed by atoms with Gasteiger partial charge in [-0.25, -0.2) is 4.79 Å². The van der Waals surface area contributed by atoms with E-state index in [9.17, 15) is 4.79 Å². The summed E-state index contributed by atoms with van der Waals surface area (Å²) in [6, 6.07) is 0.516. The highest BCUT2D eigenvalue weighted by atomic mass is 16.6. The molecule has 0 aromatic carbocycles. The third-order valence-electron chi connectivity index (χ3n) is 3.42. The summed E-state index contributed by atoms with van der Waals surface area (Å²) in [6.45, 7) is 9.57. The lowest BCUT2D eigenvalue weighted by molar-refractivity contribution is 0.0285. The minimum atomic E-state index is -0.402. The molecule has 2 unspecified atom stereocenters. The van der Waals surface area contributed by atoms with Crippen molar-refractivity contribution in [1.82, 2.24) is 10.2 Å². The van der Waals surface area contributed by atoms with E-state index in [2.05, 4.69) is 12.2 Å². The van der Waals surface area contributed by atoms with Crippen LogP contribution in [0.2, 0.25) is 0 Å². The zero-order valence-electron chi connectivity index (χ0n) is 12.5. The highest BCUT2D eigenvalue weighted by Crippen LogP contribution is 2.24. The Hall–Kier alpha value is -0.770. The molecule has 106 valence electrons. The molecule has 4 nitrogen and oxygen atoms in total. The Balaban J connectivity index is 2.47. The van der Waals surface area contributed by atoms with Crippen molar-refractivity contribution < 1.29 is 9.53 Å². The minimum Gasteiger partial charge on any atom is -0.444 e. The fourth-order valence-corrected chi connectivity index (χ4v) is 2.53. The number of carbonyl (C=O) groups is 1. The van der Waals surface area contributed by atoms with Gasteiger partial charge in [-0.1, -0.05) is 13.3 Å². The van der Waals surface area contributed by atoms with Crippen molar-refractivity contribution in [1.29, 1.82) is 0 Å². The normalized spacial score (nSPS) is 22.1. The Morgan fingerprint density at radius 1 is 1.50 bits per heavy atom. The second-order valence-corrected chi connectivity index (χ2v) is 6.16. The summed E-state index contributed by atoms with van der Waals surface area (Å²) in [5, 5.41) is 3.37. The van der Waals surface area contributed by atoms with Crippen molar-refractivity contribution in [3.05, 3.63) is 0 Å². The molecule has 1 N–H and O–H groups in total. The fraction of sp³-hybridized carbons (Fsp3) is 0.929. The van der Waals surface area contributed by atoms with E-state index in [0.29, 0.717) is 12.0 Å². The molecule has 1 amide bonds. The topological polar surface area (TPSA) is 41.6 Å². The highest BCUT2D eigenvalue weighted by Gasteiger charge is 2.32. The van der Waals surface area contributed by atoms with Gasteiger partial charge in [0.05, 0.1) is 0 Å². The highest BCUT2D eigenvalue weighted by molar-refractivity contribution is 5.68.